The van der Waals surface area contributed by atoms with Gasteiger partial charge in [-0.2, -0.15) is 13.2 Å². The number of rotatable bonds is 2. The zero-order chi connectivity index (χ0) is 13.4. The van der Waals surface area contributed by atoms with Gasteiger partial charge < -0.3 is 5.11 Å². The Balaban J connectivity index is 3.56. The fraction of sp³-hybridized carbons (Fsp3) is 0.125. The summed E-state index contributed by atoms with van der Waals surface area (Å²) < 4.78 is 58.9. The Labute approximate surface area is 98.0 Å². The van der Waals surface area contributed by atoms with Gasteiger partial charge in [0.2, 0.25) is 0 Å². The smallest absolute Gasteiger partial charge is 0.416 e. The quantitative estimate of drug-likeness (QED) is 0.848. The number of carboxylic acid groups (broad SMARTS) is 1. The van der Waals surface area contributed by atoms with Crippen molar-refractivity contribution in [2.24, 2.45) is 0 Å². The molecule has 0 heterocycles. The van der Waals surface area contributed by atoms with Gasteiger partial charge in [0, 0.05) is 10.7 Å². The maximum atomic E-state index is 12.4. The maximum Gasteiger partial charge on any atom is 0.416 e. The van der Waals surface area contributed by atoms with Gasteiger partial charge in [0.05, 0.1) is 16.0 Å². The summed E-state index contributed by atoms with van der Waals surface area (Å²) in [7, 11) is 0.436. The first-order valence-electron chi connectivity index (χ1n) is 3.92. The van der Waals surface area contributed by atoms with E-state index in [0.29, 0.717) is 12.1 Å². The molecule has 0 saturated carbocycles. The van der Waals surface area contributed by atoms with E-state index in [0.717, 1.165) is 0 Å². The van der Waals surface area contributed by atoms with E-state index in [9.17, 15) is 26.4 Å². The van der Waals surface area contributed by atoms with Crippen LogP contribution in [0.4, 0.5) is 13.2 Å². The number of carboxylic acids is 1. The van der Waals surface area contributed by atoms with E-state index in [1.807, 2.05) is 0 Å². The van der Waals surface area contributed by atoms with Crippen molar-refractivity contribution in [1.29, 1.82) is 0 Å². The van der Waals surface area contributed by atoms with Gasteiger partial charge in [0.15, 0.2) is 0 Å². The normalized spacial score (nSPS) is 12.5. The van der Waals surface area contributed by atoms with Gasteiger partial charge >= 0.3 is 12.1 Å². The number of hydrogen-bond donors (Lipinski definition) is 1. The molecule has 17 heavy (non-hydrogen) atoms. The van der Waals surface area contributed by atoms with E-state index in [4.69, 9.17) is 15.8 Å². The molecule has 0 bridgehead atoms. The molecule has 0 aliphatic heterocycles. The molecule has 0 aliphatic carbocycles. The standard InChI is InChI=1S/C8H4ClF3O4S/c9-17(15,16)6-2-4(7(13)14)1-5(3-6)8(10,11)12/h1-3H,(H,13,14). The Hall–Kier alpha value is -1.28. The van der Waals surface area contributed by atoms with Crippen molar-refractivity contribution in [1.82, 2.24) is 0 Å². The van der Waals surface area contributed by atoms with Gasteiger partial charge in [0.1, 0.15) is 0 Å². The van der Waals surface area contributed by atoms with Crippen molar-refractivity contribution in [2.75, 3.05) is 0 Å². The SMILES string of the molecule is O=C(O)c1cc(C(F)(F)F)cc(S(=O)(=O)Cl)c1. The van der Waals surface area contributed by atoms with Crippen LogP contribution >= 0.6 is 10.7 Å². The van der Waals surface area contributed by atoms with Crippen molar-refractivity contribution in [3.8, 4) is 0 Å². The minimum atomic E-state index is -4.86. The molecule has 0 saturated heterocycles. The molecule has 1 rings (SSSR count). The molecule has 0 aromatic heterocycles. The monoisotopic (exact) mass is 288 g/mol. The molecule has 1 N–H and O–H groups in total. The summed E-state index contributed by atoms with van der Waals surface area (Å²) in [5.41, 5.74) is -2.20. The number of carbonyl (C=O) groups is 1. The number of benzene rings is 1. The highest BCUT2D eigenvalue weighted by atomic mass is 35.7. The van der Waals surface area contributed by atoms with Crippen LogP contribution in [0.5, 0.6) is 0 Å². The predicted molar refractivity (Wildman–Crippen MR) is 51.4 cm³/mol. The fourth-order valence-electron chi connectivity index (χ4n) is 1.03. The second-order valence-electron chi connectivity index (χ2n) is 2.99. The minimum absolute atomic E-state index is 0.273. The van der Waals surface area contributed by atoms with Crippen molar-refractivity contribution in [3.63, 3.8) is 0 Å². The van der Waals surface area contributed by atoms with Crippen LogP contribution in [0.2, 0.25) is 0 Å². The summed E-state index contributed by atoms with van der Waals surface area (Å²) in [6.07, 6.45) is -4.86. The summed E-state index contributed by atoms with van der Waals surface area (Å²) in [4.78, 5) is 9.64. The second kappa shape index (κ2) is 4.19. The Morgan fingerprint density at radius 1 is 1.24 bits per heavy atom. The average molecular weight is 289 g/mol. The third kappa shape index (κ3) is 3.34. The molecule has 1 aromatic rings. The number of alkyl halides is 3. The summed E-state index contributed by atoms with van der Waals surface area (Å²) in [5.74, 6) is -1.68. The van der Waals surface area contributed by atoms with Crippen LogP contribution in [0, 0.1) is 0 Å². The molecule has 4 nitrogen and oxygen atoms in total. The number of halogens is 4. The average Bonchev–Trinajstić information content (AvgIpc) is 2.14. The molecule has 0 atom stereocenters. The summed E-state index contributed by atoms with van der Waals surface area (Å²) >= 11 is 0. The fourth-order valence-corrected chi connectivity index (χ4v) is 1.83. The Kier molecular flexibility index (Phi) is 3.40. The lowest BCUT2D eigenvalue weighted by atomic mass is 10.1. The van der Waals surface area contributed by atoms with E-state index in [1.165, 1.54) is 0 Å². The van der Waals surface area contributed by atoms with E-state index in [-0.39, 0.29) is 6.07 Å². The first-order valence-corrected chi connectivity index (χ1v) is 6.23. The molecule has 0 unspecified atom stereocenters. The van der Waals surface area contributed by atoms with E-state index < -0.39 is 37.2 Å². The van der Waals surface area contributed by atoms with Gasteiger partial charge in [-0.05, 0) is 18.2 Å². The third-order valence-corrected chi connectivity index (χ3v) is 3.10. The second-order valence-corrected chi connectivity index (χ2v) is 5.55. The molecule has 1 aromatic carbocycles. The lowest BCUT2D eigenvalue weighted by Crippen LogP contribution is -2.09. The molecule has 0 aliphatic rings. The van der Waals surface area contributed by atoms with Crippen molar-refractivity contribution < 1.29 is 31.5 Å². The first-order chi connectivity index (χ1) is 7.51. The first kappa shape index (κ1) is 13.8. The maximum absolute atomic E-state index is 12.4. The highest BCUT2D eigenvalue weighted by Crippen LogP contribution is 2.32. The number of aromatic carboxylic acids is 1. The van der Waals surface area contributed by atoms with Crippen molar-refractivity contribution in [2.45, 2.75) is 11.1 Å². The van der Waals surface area contributed by atoms with Gasteiger partial charge in [-0.15, -0.1) is 0 Å². The van der Waals surface area contributed by atoms with Crippen LogP contribution in [0.1, 0.15) is 15.9 Å². The minimum Gasteiger partial charge on any atom is -0.478 e. The van der Waals surface area contributed by atoms with Crippen LogP contribution in [-0.2, 0) is 15.2 Å². The Morgan fingerprint density at radius 3 is 2.12 bits per heavy atom. The molecule has 0 spiro atoms. The molecule has 9 heteroatoms. The zero-order valence-corrected chi connectivity index (χ0v) is 9.40. The van der Waals surface area contributed by atoms with Gasteiger partial charge in [-0.3, -0.25) is 0 Å². The largest absolute Gasteiger partial charge is 0.478 e. The third-order valence-electron chi connectivity index (χ3n) is 1.76. The molecule has 0 amide bonds. The lowest BCUT2D eigenvalue weighted by Gasteiger charge is -2.09. The molecular formula is C8H4ClF3O4S. The highest BCUT2D eigenvalue weighted by molar-refractivity contribution is 8.13. The van der Waals surface area contributed by atoms with Crippen LogP contribution in [0.25, 0.3) is 0 Å². The van der Waals surface area contributed by atoms with Crippen molar-refractivity contribution in [3.05, 3.63) is 29.3 Å². The Bertz CT molecular complexity index is 565. The van der Waals surface area contributed by atoms with Gasteiger partial charge in [0.25, 0.3) is 9.05 Å². The molecule has 94 valence electrons. The highest BCUT2D eigenvalue weighted by Gasteiger charge is 2.33. The lowest BCUT2D eigenvalue weighted by molar-refractivity contribution is -0.137. The van der Waals surface area contributed by atoms with E-state index >= 15 is 0 Å². The van der Waals surface area contributed by atoms with Gasteiger partial charge in [-0.1, -0.05) is 0 Å². The summed E-state index contributed by atoms with van der Waals surface area (Å²) in [6.45, 7) is 0. The zero-order valence-electron chi connectivity index (χ0n) is 7.82. The van der Waals surface area contributed by atoms with Crippen LogP contribution in [0.3, 0.4) is 0 Å². The van der Waals surface area contributed by atoms with Crippen molar-refractivity contribution >= 4 is 25.7 Å². The van der Waals surface area contributed by atoms with Gasteiger partial charge in [-0.25, -0.2) is 13.2 Å². The van der Waals surface area contributed by atoms with E-state index in [1.54, 1.807) is 0 Å². The topological polar surface area (TPSA) is 71.4 Å². The van der Waals surface area contributed by atoms with E-state index in [2.05, 4.69) is 0 Å². The molecule has 0 fully saturated rings. The van der Waals surface area contributed by atoms with Crippen LogP contribution in [-0.4, -0.2) is 19.5 Å². The van der Waals surface area contributed by atoms with Crippen LogP contribution < -0.4 is 0 Å². The predicted octanol–water partition coefficient (Wildman–Crippen LogP) is 2.33. The van der Waals surface area contributed by atoms with Crippen LogP contribution in [0.15, 0.2) is 23.1 Å². The Morgan fingerprint density at radius 2 is 1.76 bits per heavy atom. The number of hydrogen-bond acceptors (Lipinski definition) is 3. The summed E-state index contributed by atoms with van der Waals surface area (Å²) in [5, 5.41) is 8.56. The molecular weight excluding hydrogens is 285 g/mol. The molecule has 0 radical (unpaired) electrons. The summed E-state index contributed by atoms with van der Waals surface area (Å²) in [6, 6.07) is 1.16.